The molecule has 2 N–H and O–H groups in total. The number of hydrogen-bond acceptors (Lipinski definition) is 3. The lowest BCUT2D eigenvalue weighted by molar-refractivity contribution is 0.446. The van der Waals surface area contributed by atoms with E-state index in [4.69, 9.17) is 5.73 Å². The summed E-state index contributed by atoms with van der Waals surface area (Å²) in [4.78, 5) is 1.96. The Kier molecular flexibility index (Phi) is 1.25. The first-order chi connectivity index (χ1) is 3.30. The summed E-state index contributed by atoms with van der Waals surface area (Å²) in [7, 11) is 1.96. The average Bonchev–Trinajstić information content (AvgIpc) is 1.91. The van der Waals surface area contributed by atoms with E-state index >= 15 is 0 Å². The molecule has 0 aliphatic carbocycles. The molecular formula is C4H8N2S. The van der Waals surface area contributed by atoms with Crippen molar-refractivity contribution in [3.8, 4) is 0 Å². The Morgan fingerprint density at radius 2 is 2.57 bits per heavy atom. The third kappa shape index (κ3) is 0.894. The van der Waals surface area contributed by atoms with Crippen LogP contribution in [0.15, 0.2) is 11.6 Å². The van der Waals surface area contributed by atoms with Crippen LogP contribution in [-0.4, -0.2) is 17.4 Å². The van der Waals surface area contributed by atoms with Gasteiger partial charge in [0.05, 0.1) is 0 Å². The predicted molar refractivity (Wildman–Crippen MR) is 32.5 cm³/mol. The van der Waals surface area contributed by atoms with E-state index in [-0.39, 0.29) is 5.50 Å². The van der Waals surface area contributed by atoms with Crippen molar-refractivity contribution in [2.45, 2.75) is 5.50 Å². The minimum absolute atomic E-state index is 0.153. The number of hydrogen-bond donors (Lipinski definition) is 1. The molecule has 0 aromatic heterocycles. The van der Waals surface area contributed by atoms with Crippen LogP contribution in [0.4, 0.5) is 0 Å². The quantitative estimate of drug-likeness (QED) is 0.496. The van der Waals surface area contributed by atoms with Crippen molar-refractivity contribution in [3.05, 3.63) is 11.6 Å². The minimum Gasteiger partial charge on any atom is -0.356 e. The average molecular weight is 116 g/mol. The number of nitrogens with zero attached hydrogens (tertiary/aromatic N) is 1. The maximum atomic E-state index is 5.50. The summed E-state index contributed by atoms with van der Waals surface area (Å²) >= 11 is 1.63. The van der Waals surface area contributed by atoms with Gasteiger partial charge in [-0.05, 0) is 5.41 Å². The van der Waals surface area contributed by atoms with E-state index in [9.17, 15) is 0 Å². The van der Waals surface area contributed by atoms with Crippen molar-refractivity contribution in [3.63, 3.8) is 0 Å². The highest BCUT2D eigenvalue weighted by Gasteiger charge is 2.08. The highest BCUT2D eigenvalue weighted by Crippen LogP contribution is 2.17. The van der Waals surface area contributed by atoms with E-state index in [0.29, 0.717) is 0 Å². The molecule has 0 fully saturated rings. The van der Waals surface area contributed by atoms with Gasteiger partial charge in [-0.1, -0.05) is 11.8 Å². The van der Waals surface area contributed by atoms with Gasteiger partial charge >= 0.3 is 0 Å². The van der Waals surface area contributed by atoms with E-state index < -0.39 is 0 Å². The summed E-state index contributed by atoms with van der Waals surface area (Å²) in [6.07, 6.45) is 1.97. The molecule has 0 radical (unpaired) electrons. The first kappa shape index (κ1) is 5.00. The van der Waals surface area contributed by atoms with Crippen molar-refractivity contribution in [2.75, 3.05) is 7.05 Å². The van der Waals surface area contributed by atoms with Gasteiger partial charge in [0.2, 0.25) is 0 Å². The van der Waals surface area contributed by atoms with E-state index in [1.165, 1.54) is 0 Å². The molecule has 40 valence electrons. The Bertz CT molecular complexity index is 91.7. The van der Waals surface area contributed by atoms with Crippen LogP contribution in [0.2, 0.25) is 0 Å². The lowest BCUT2D eigenvalue weighted by Gasteiger charge is -2.12. The first-order valence-corrected chi connectivity index (χ1v) is 3.04. The molecular weight excluding hydrogens is 108 g/mol. The number of rotatable bonds is 0. The fourth-order valence-electron chi connectivity index (χ4n) is 0.392. The van der Waals surface area contributed by atoms with Gasteiger partial charge in [0.25, 0.3) is 0 Å². The maximum Gasteiger partial charge on any atom is 0.129 e. The van der Waals surface area contributed by atoms with Gasteiger partial charge in [-0.3, -0.25) is 0 Å². The van der Waals surface area contributed by atoms with Crippen molar-refractivity contribution in [2.24, 2.45) is 5.73 Å². The Morgan fingerprint density at radius 3 is 2.71 bits per heavy atom. The molecule has 1 heterocycles. The molecule has 1 aliphatic rings. The van der Waals surface area contributed by atoms with Gasteiger partial charge < -0.3 is 10.6 Å². The fourth-order valence-corrected chi connectivity index (χ4v) is 1.08. The largest absolute Gasteiger partial charge is 0.356 e. The lowest BCUT2D eigenvalue weighted by Crippen LogP contribution is -2.28. The highest BCUT2D eigenvalue weighted by atomic mass is 32.2. The summed E-state index contributed by atoms with van der Waals surface area (Å²) < 4.78 is 0. The third-order valence-electron chi connectivity index (χ3n) is 0.915. The normalized spacial score (nSPS) is 29.4. The highest BCUT2D eigenvalue weighted by molar-refractivity contribution is 8.02. The molecule has 1 unspecified atom stereocenters. The van der Waals surface area contributed by atoms with Gasteiger partial charge in [0.1, 0.15) is 5.50 Å². The second-order valence-corrected chi connectivity index (χ2v) is 2.50. The van der Waals surface area contributed by atoms with Gasteiger partial charge in [-0.15, -0.1) is 0 Å². The Labute approximate surface area is 47.4 Å². The van der Waals surface area contributed by atoms with E-state index in [1.54, 1.807) is 11.8 Å². The van der Waals surface area contributed by atoms with Crippen LogP contribution < -0.4 is 5.73 Å². The second kappa shape index (κ2) is 1.76. The standard InChI is InChI=1S/C4H8N2S/c1-6-2-3-7-4(6)5/h2-4H,5H2,1H3. The van der Waals surface area contributed by atoms with E-state index in [2.05, 4.69) is 0 Å². The van der Waals surface area contributed by atoms with E-state index in [0.717, 1.165) is 0 Å². The lowest BCUT2D eigenvalue weighted by atomic mass is 10.8. The molecule has 0 amide bonds. The summed E-state index contributed by atoms with van der Waals surface area (Å²) in [6, 6.07) is 0. The predicted octanol–water partition coefficient (Wildman–Crippen LogP) is 0.379. The second-order valence-electron chi connectivity index (χ2n) is 1.48. The topological polar surface area (TPSA) is 29.3 Å². The number of thioether (sulfide) groups is 1. The summed E-state index contributed by atoms with van der Waals surface area (Å²) in [6.45, 7) is 0. The molecule has 0 aromatic rings. The monoisotopic (exact) mass is 116 g/mol. The molecule has 1 atom stereocenters. The number of nitrogens with two attached hydrogens (primary N) is 1. The van der Waals surface area contributed by atoms with Gasteiger partial charge in [-0.25, -0.2) is 0 Å². The molecule has 2 nitrogen and oxygen atoms in total. The molecule has 1 aliphatic heterocycles. The van der Waals surface area contributed by atoms with E-state index in [1.807, 2.05) is 23.6 Å². The van der Waals surface area contributed by atoms with Crippen molar-refractivity contribution >= 4 is 11.8 Å². The molecule has 0 spiro atoms. The fraction of sp³-hybridized carbons (Fsp3) is 0.500. The van der Waals surface area contributed by atoms with Crippen molar-refractivity contribution < 1.29 is 0 Å². The van der Waals surface area contributed by atoms with Gasteiger partial charge in [-0.2, -0.15) is 0 Å². The smallest absolute Gasteiger partial charge is 0.129 e. The molecule has 0 saturated carbocycles. The molecule has 0 saturated heterocycles. The van der Waals surface area contributed by atoms with Crippen LogP contribution in [0.25, 0.3) is 0 Å². The summed E-state index contributed by atoms with van der Waals surface area (Å²) in [5.74, 6) is 0. The van der Waals surface area contributed by atoms with Crippen LogP contribution in [0, 0.1) is 0 Å². The molecule has 3 heteroatoms. The van der Waals surface area contributed by atoms with Crippen molar-refractivity contribution in [1.29, 1.82) is 0 Å². The van der Waals surface area contributed by atoms with Crippen LogP contribution >= 0.6 is 11.8 Å². The maximum absolute atomic E-state index is 5.50. The van der Waals surface area contributed by atoms with Crippen LogP contribution in [0.5, 0.6) is 0 Å². The molecule has 1 rings (SSSR count). The van der Waals surface area contributed by atoms with Gasteiger partial charge in [0.15, 0.2) is 0 Å². The Morgan fingerprint density at radius 1 is 1.86 bits per heavy atom. The Hall–Kier alpha value is -0.150. The van der Waals surface area contributed by atoms with Crippen LogP contribution in [0.3, 0.4) is 0 Å². The molecule has 0 bridgehead atoms. The minimum atomic E-state index is 0.153. The zero-order valence-corrected chi connectivity index (χ0v) is 4.98. The zero-order chi connectivity index (χ0) is 5.28. The summed E-state index contributed by atoms with van der Waals surface area (Å²) in [5, 5.41) is 1.99. The van der Waals surface area contributed by atoms with Gasteiger partial charge in [0, 0.05) is 13.2 Å². The van der Waals surface area contributed by atoms with Crippen LogP contribution in [-0.2, 0) is 0 Å². The molecule has 0 aromatic carbocycles. The molecule has 7 heavy (non-hydrogen) atoms. The zero-order valence-electron chi connectivity index (χ0n) is 4.16. The first-order valence-electron chi connectivity index (χ1n) is 2.10. The van der Waals surface area contributed by atoms with Crippen molar-refractivity contribution in [1.82, 2.24) is 4.90 Å². The summed E-state index contributed by atoms with van der Waals surface area (Å²) in [5.41, 5.74) is 5.66. The Balaban J connectivity index is 2.45. The third-order valence-corrected chi connectivity index (χ3v) is 1.81. The van der Waals surface area contributed by atoms with Crippen LogP contribution in [0.1, 0.15) is 0 Å². The SMILES string of the molecule is CN1C=CSC1N.